The van der Waals surface area contributed by atoms with Crippen molar-refractivity contribution in [1.82, 2.24) is 14.7 Å². The minimum atomic E-state index is -1.59. The fourth-order valence-corrected chi connectivity index (χ4v) is 4.80. The lowest BCUT2D eigenvalue weighted by molar-refractivity contribution is 0.0659. The van der Waals surface area contributed by atoms with Crippen molar-refractivity contribution in [2.24, 2.45) is 0 Å². The van der Waals surface area contributed by atoms with Crippen molar-refractivity contribution >= 4 is 40.6 Å². The number of benzene rings is 2. The van der Waals surface area contributed by atoms with Gasteiger partial charge >= 0.3 is 0 Å². The van der Waals surface area contributed by atoms with E-state index in [9.17, 15) is 9.59 Å². The number of halogens is 4. The summed E-state index contributed by atoms with van der Waals surface area (Å²) >= 11 is 12.2. The maximum absolute atomic E-state index is 15.6. The first-order valence-corrected chi connectivity index (χ1v) is 11.1. The molecule has 0 fully saturated rings. The second kappa shape index (κ2) is 8.39. The van der Waals surface area contributed by atoms with E-state index in [0.717, 1.165) is 4.90 Å². The van der Waals surface area contributed by atoms with Crippen molar-refractivity contribution in [2.75, 3.05) is 6.54 Å². The van der Waals surface area contributed by atoms with Gasteiger partial charge in [-0.1, -0.05) is 41.4 Å². The first kappa shape index (κ1) is 21.8. The zero-order valence-electron chi connectivity index (χ0n) is 17.2. The van der Waals surface area contributed by atoms with Crippen LogP contribution in [-0.2, 0) is 13.0 Å². The smallest absolute Gasteiger partial charge is 0.261 e. The molecule has 0 saturated heterocycles. The molecule has 3 aromatic rings. The van der Waals surface area contributed by atoms with Crippen molar-refractivity contribution in [3.63, 3.8) is 0 Å². The molecule has 9 heteroatoms. The van der Waals surface area contributed by atoms with Crippen LogP contribution in [0, 0.1) is 0 Å². The summed E-state index contributed by atoms with van der Waals surface area (Å²) in [5, 5.41) is 5.22. The molecule has 1 aromatic heterocycles. The predicted molar refractivity (Wildman–Crippen MR) is 121 cm³/mol. The summed E-state index contributed by atoms with van der Waals surface area (Å²) in [6, 6.07) is 11.3. The zero-order chi connectivity index (χ0) is 23.3. The van der Waals surface area contributed by atoms with Crippen LogP contribution < -0.4 is 0 Å². The van der Waals surface area contributed by atoms with Gasteiger partial charge in [0.05, 0.1) is 36.1 Å². The molecule has 2 aliphatic rings. The average molecular weight is 488 g/mol. The highest BCUT2D eigenvalue weighted by Gasteiger charge is 2.38. The lowest BCUT2D eigenvalue weighted by atomic mass is 9.90. The van der Waals surface area contributed by atoms with Gasteiger partial charge in [-0.2, -0.15) is 5.10 Å². The van der Waals surface area contributed by atoms with E-state index < -0.39 is 30.4 Å². The molecule has 2 aromatic carbocycles. The van der Waals surface area contributed by atoms with Crippen molar-refractivity contribution in [1.29, 1.82) is 0 Å². The van der Waals surface area contributed by atoms with Gasteiger partial charge in [0.2, 0.25) is 0 Å². The maximum atomic E-state index is 15.6. The largest absolute Gasteiger partial charge is 0.269 e. The summed E-state index contributed by atoms with van der Waals surface area (Å²) in [4.78, 5) is 26.1. The number of imide groups is 1. The molecule has 1 unspecified atom stereocenters. The molecule has 168 valence electrons. The summed E-state index contributed by atoms with van der Waals surface area (Å²) in [5.74, 6) is -2.07. The number of aryl methyl sites for hydroxylation is 1. The second-order valence-electron chi connectivity index (χ2n) is 7.98. The number of fused-ring (bicyclic) bond motifs is 2. The molecule has 1 aliphatic carbocycles. The molecule has 2 heterocycles. The number of hydrogen-bond donors (Lipinski definition) is 0. The number of carbonyl (C=O) groups is 2. The number of amides is 2. The second-order valence-corrected chi connectivity index (χ2v) is 8.82. The Balaban J connectivity index is 1.51. The molecule has 0 spiro atoms. The van der Waals surface area contributed by atoms with E-state index >= 15 is 8.78 Å². The van der Waals surface area contributed by atoms with Crippen LogP contribution in [0.3, 0.4) is 0 Å². The van der Waals surface area contributed by atoms with Crippen molar-refractivity contribution < 1.29 is 18.4 Å². The fraction of sp³-hybridized carbons (Fsp3) is 0.208. The molecule has 5 rings (SSSR count). The Morgan fingerprint density at radius 3 is 2.45 bits per heavy atom. The van der Waals surface area contributed by atoms with Gasteiger partial charge < -0.3 is 0 Å². The van der Waals surface area contributed by atoms with Crippen molar-refractivity contribution in [2.45, 2.75) is 25.6 Å². The van der Waals surface area contributed by atoms with Crippen LogP contribution in [0.4, 0.5) is 8.78 Å². The van der Waals surface area contributed by atoms with E-state index in [2.05, 4.69) is 5.10 Å². The quantitative estimate of drug-likeness (QED) is 0.456. The SMILES string of the molecule is O=C1c2ccccc2C(=O)N1C/C(F)=C1/c2c(cnn2Cc2ccc(Cl)cc2Cl)CCC1F. The third-order valence-corrected chi connectivity index (χ3v) is 6.54. The van der Waals surface area contributed by atoms with Gasteiger partial charge in [0.25, 0.3) is 11.8 Å². The summed E-state index contributed by atoms with van der Waals surface area (Å²) in [7, 11) is 0. The highest BCUT2D eigenvalue weighted by molar-refractivity contribution is 6.35. The highest BCUT2D eigenvalue weighted by atomic mass is 35.5. The maximum Gasteiger partial charge on any atom is 0.261 e. The number of rotatable bonds is 4. The third kappa shape index (κ3) is 3.75. The molecule has 5 nitrogen and oxygen atoms in total. The molecule has 33 heavy (non-hydrogen) atoms. The fourth-order valence-electron chi connectivity index (χ4n) is 4.33. The Morgan fingerprint density at radius 2 is 1.79 bits per heavy atom. The first-order valence-electron chi connectivity index (χ1n) is 10.3. The van der Waals surface area contributed by atoms with Crippen LogP contribution in [0.25, 0.3) is 5.57 Å². The molecule has 0 radical (unpaired) electrons. The van der Waals surface area contributed by atoms with Gasteiger partial charge in [0.1, 0.15) is 12.0 Å². The van der Waals surface area contributed by atoms with E-state index in [1.54, 1.807) is 36.5 Å². The minimum absolute atomic E-state index is 0.0886. The summed E-state index contributed by atoms with van der Waals surface area (Å²) in [5.41, 5.74) is 1.94. The molecule has 2 amide bonds. The van der Waals surface area contributed by atoms with E-state index in [1.807, 2.05) is 0 Å². The summed E-state index contributed by atoms with van der Waals surface area (Å²) in [6.45, 7) is -0.462. The molecule has 1 atom stereocenters. The van der Waals surface area contributed by atoms with Gasteiger partial charge in [0, 0.05) is 15.6 Å². The third-order valence-electron chi connectivity index (χ3n) is 5.95. The molecular formula is C24H17Cl2F2N3O2. The van der Waals surface area contributed by atoms with Crippen molar-refractivity contribution in [3.05, 3.63) is 92.5 Å². The van der Waals surface area contributed by atoms with E-state index in [4.69, 9.17) is 23.2 Å². The Kier molecular flexibility index (Phi) is 5.54. The van der Waals surface area contributed by atoms with Crippen LogP contribution in [0.15, 0.2) is 54.5 Å². The Labute approximate surface area is 198 Å². The number of allylic oxidation sites excluding steroid dienone is 1. The monoisotopic (exact) mass is 487 g/mol. The van der Waals surface area contributed by atoms with E-state index in [0.29, 0.717) is 33.3 Å². The lowest BCUT2D eigenvalue weighted by Gasteiger charge is -2.23. The molecule has 0 N–H and O–H groups in total. The van der Waals surface area contributed by atoms with Crippen LogP contribution >= 0.6 is 23.2 Å². The number of hydrogen-bond acceptors (Lipinski definition) is 3. The van der Waals surface area contributed by atoms with Gasteiger partial charge in [-0.15, -0.1) is 0 Å². The normalized spacial score (nSPS) is 19.0. The molecule has 0 bridgehead atoms. The standard InChI is InChI=1S/C24H17Cl2F2N3O2/c25-15-7-5-14(18(26)9-15)11-31-22-13(10-29-31)6-8-19(27)21(22)20(28)12-30-23(32)16-3-1-2-4-17(16)24(30)33/h1-5,7,9-10,19H,6,8,11-12H2/b21-20-. The number of carbonyl (C=O) groups excluding carboxylic acids is 2. The molecule has 0 saturated carbocycles. The zero-order valence-corrected chi connectivity index (χ0v) is 18.7. The van der Waals surface area contributed by atoms with Crippen LogP contribution in [-0.4, -0.2) is 39.2 Å². The highest BCUT2D eigenvalue weighted by Crippen LogP contribution is 2.37. The summed E-state index contributed by atoms with van der Waals surface area (Å²) in [6.07, 6.45) is 0.476. The average Bonchev–Trinajstić information content (AvgIpc) is 3.30. The lowest BCUT2D eigenvalue weighted by Crippen LogP contribution is -2.32. The molecule has 1 aliphatic heterocycles. The van der Waals surface area contributed by atoms with E-state index in [-0.39, 0.29) is 29.7 Å². The number of aromatic nitrogens is 2. The number of nitrogens with zero attached hydrogens (tertiary/aromatic N) is 3. The van der Waals surface area contributed by atoms with Crippen LogP contribution in [0.1, 0.15) is 44.0 Å². The van der Waals surface area contributed by atoms with Crippen molar-refractivity contribution in [3.8, 4) is 0 Å². The van der Waals surface area contributed by atoms with Gasteiger partial charge in [0.15, 0.2) is 0 Å². The van der Waals surface area contributed by atoms with Gasteiger partial charge in [-0.3, -0.25) is 19.2 Å². The first-order chi connectivity index (χ1) is 15.8. The van der Waals surface area contributed by atoms with Crippen LogP contribution in [0.5, 0.6) is 0 Å². The van der Waals surface area contributed by atoms with Crippen LogP contribution in [0.2, 0.25) is 10.0 Å². The topological polar surface area (TPSA) is 55.2 Å². The van der Waals surface area contributed by atoms with Gasteiger partial charge in [-0.05, 0) is 48.2 Å². The van der Waals surface area contributed by atoms with E-state index in [1.165, 1.54) is 16.8 Å². The van der Waals surface area contributed by atoms with Gasteiger partial charge in [-0.25, -0.2) is 8.78 Å². The minimum Gasteiger partial charge on any atom is -0.269 e. The summed E-state index contributed by atoms with van der Waals surface area (Å²) < 4.78 is 32.1. The Hall–Kier alpha value is -3.03. The Bertz CT molecular complexity index is 1300. The molecular weight excluding hydrogens is 471 g/mol. The number of alkyl halides is 1. The Morgan fingerprint density at radius 1 is 1.09 bits per heavy atom. The predicted octanol–water partition coefficient (Wildman–Crippen LogP) is 5.50.